The van der Waals surface area contributed by atoms with Gasteiger partial charge in [0.2, 0.25) is 0 Å². The van der Waals surface area contributed by atoms with E-state index in [0.717, 1.165) is 38.2 Å². The lowest BCUT2D eigenvalue weighted by Gasteiger charge is -2.33. The number of nitrogens with zero attached hydrogens (tertiary/aromatic N) is 2. The minimum atomic E-state index is 0. The summed E-state index contributed by atoms with van der Waals surface area (Å²) in [4.78, 5) is 7.25. The van der Waals surface area contributed by atoms with Gasteiger partial charge in [-0.25, -0.2) is 0 Å². The van der Waals surface area contributed by atoms with Crippen molar-refractivity contribution in [3.8, 4) is 0 Å². The maximum Gasteiger partial charge on any atom is 0.191 e. The fourth-order valence-electron chi connectivity index (χ4n) is 2.70. The molecule has 4 nitrogen and oxygen atoms in total. The topological polar surface area (TPSA) is 39.7 Å². The standard InChI is InChI=1S/C16H34N4S.HI/c1-4-17-16(18-10-6-8-14-21-3)19-11-13-20-12-7-5-9-15(20)2;/h15H,4-14H2,1-3H3,(H2,17,18,19);1H. The van der Waals surface area contributed by atoms with Crippen LogP contribution in [-0.2, 0) is 0 Å². The van der Waals surface area contributed by atoms with E-state index in [2.05, 4.69) is 40.6 Å². The first kappa shape index (κ1) is 22.3. The summed E-state index contributed by atoms with van der Waals surface area (Å²) in [6, 6.07) is 0.742. The Morgan fingerprint density at radius 2 is 2.09 bits per heavy atom. The Bertz CT molecular complexity index is 289. The molecular weight excluding hydrogens is 407 g/mol. The van der Waals surface area contributed by atoms with Gasteiger partial charge in [-0.1, -0.05) is 6.42 Å². The van der Waals surface area contributed by atoms with Crippen molar-refractivity contribution in [3.05, 3.63) is 0 Å². The zero-order valence-electron chi connectivity index (χ0n) is 14.6. The minimum Gasteiger partial charge on any atom is -0.357 e. The van der Waals surface area contributed by atoms with Crippen LogP contribution in [0.2, 0.25) is 0 Å². The smallest absolute Gasteiger partial charge is 0.191 e. The van der Waals surface area contributed by atoms with Gasteiger partial charge in [0.05, 0.1) is 0 Å². The van der Waals surface area contributed by atoms with Gasteiger partial charge in [0, 0.05) is 32.2 Å². The van der Waals surface area contributed by atoms with Crippen LogP contribution in [0, 0.1) is 0 Å². The van der Waals surface area contributed by atoms with Gasteiger partial charge in [0.1, 0.15) is 0 Å². The van der Waals surface area contributed by atoms with Crippen molar-refractivity contribution in [3.63, 3.8) is 0 Å². The molecule has 0 amide bonds. The Hall–Kier alpha value is 0.310. The van der Waals surface area contributed by atoms with Crippen LogP contribution in [0.1, 0.15) is 46.0 Å². The molecule has 0 aromatic carbocycles. The molecule has 1 heterocycles. The van der Waals surface area contributed by atoms with Crippen molar-refractivity contribution in [2.24, 2.45) is 4.99 Å². The Morgan fingerprint density at radius 1 is 1.27 bits per heavy atom. The Labute approximate surface area is 158 Å². The summed E-state index contributed by atoms with van der Waals surface area (Å²) < 4.78 is 0. The average molecular weight is 442 g/mol. The van der Waals surface area contributed by atoms with Crippen molar-refractivity contribution in [2.45, 2.75) is 52.0 Å². The maximum atomic E-state index is 4.65. The predicted octanol–water partition coefficient (Wildman–Crippen LogP) is 3.18. The van der Waals surface area contributed by atoms with E-state index in [4.69, 9.17) is 0 Å². The SMILES string of the molecule is CCNC(=NCCCCSC)NCCN1CCCCC1C.I. The molecule has 0 radical (unpaired) electrons. The Balaban J connectivity index is 0.00000441. The van der Waals surface area contributed by atoms with Crippen LogP contribution in [0.15, 0.2) is 4.99 Å². The number of piperidine rings is 1. The number of aliphatic imine (C=N–C) groups is 1. The number of halogens is 1. The molecule has 1 aliphatic rings. The number of rotatable bonds is 9. The second-order valence-corrected chi connectivity index (χ2v) is 6.75. The number of hydrogen-bond acceptors (Lipinski definition) is 3. The molecule has 6 heteroatoms. The summed E-state index contributed by atoms with van der Waals surface area (Å²) in [6.45, 7) is 9.69. The summed E-state index contributed by atoms with van der Waals surface area (Å²) in [5, 5.41) is 6.81. The van der Waals surface area contributed by atoms with Gasteiger partial charge < -0.3 is 10.6 Å². The van der Waals surface area contributed by atoms with E-state index in [1.807, 2.05) is 11.8 Å². The molecule has 0 aromatic heterocycles. The van der Waals surface area contributed by atoms with Crippen LogP contribution in [0.25, 0.3) is 0 Å². The highest BCUT2D eigenvalue weighted by Crippen LogP contribution is 2.15. The highest BCUT2D eigenvalue weighted by molar-refractivity contribution is 14.0. The van der Waals surface area contributed by atoms with E-state index < -0.39 is 0 Å². The summed E-state index contributed by atoms with van der Waals surface area (Å²) in [5.41, 5.74) is 0. The molecule has 0 bridgehead atoms. The molecule has 2 N–H and O–H groups in total. The molecule has 1 atom stereocenters. The molecule has 22 heavy (non-hydrogen) atoms. The molecule has 1 rings (SSSR count). The number of hydrogen-bond donors (Lipinski definition) is 2. The van der Waals surface area contributed by atoms with Crippen molar-refractivity contribution in [1.29, 1.82) is 0 Å². The third-order valence-corrected chi connectivity index (χ3v) is 4.70. The first-order chi connectivity index (χ1) is 10.3. The predicted molar refractivity (Wildman–Crippen MR) is 112 cm³/mol. The normalized spacial score (nSPS) is 19.6. The molecule has 0 aromatic rings. The van der Waals surface area contributed by atoms with Crippen LogP contribution in [0.5, 0.6) is 0 Å². The number of thioether (sulfide) groups is 1. The first-order valence-electron chi connectivity index (χ1n) is 8.53. The van der Waals surface area contributed by atoms with Crippen molar-refractivity contribution in [2.75, 3.05) is 44.7 Å². The van der Waals surface area contributed by atoms with Crippen LogP contribution in [0.4, 0.5) is 0 Å². The summed E-state index contributed by atoms with van der Waals surface area (Å²) in [6.07, 6.45) is 8.70. The van der Waals surface area contributed by atoms with Crippen LogP contribution in [-0.4, -0.2) is 61.6 Å². The summed E-state index contributed by atoms with van der Waals surface area (Å²) >= 11 is 1.92. The monoisotopic (exact) mass is 442 g/mol. The fraction of sp³-hybridized carbons (Fsp3) is 0.938. The zero-order chi connectivity index (χ0) is 15.3. The third-order valence-electron chi connectivity index (χ3n) is 4.00. The molecule has 0 saturated carbocycles. The Morgan fingerprint density at radius 3 is 2.77 bits per heavy atom. The lowest BCUT2D eigenvalue weighted by Crippen LogP contribution is -2.45. The van der Waals surface area contributed by atoms with Crippen LogP contribution in [0.3, 0.4) is 0 Å². The van der Waals surface area contributed by atoms with Crippen molar-refractivity contribution in [1.82, 2.24) is 15.5 Å². The Kier molecular flexibility index (Phi) is 15.1. The molecule has 0 aliphatic carbocycles. The van der Waals surface area contributed by atoms with Crippen LogP contribution < -0.4 is 10.6 Å². The lowest BCUT2D eigenvalue weighted by molar-refractivity contribution is 0.163. The van der Waals surface area contributed by atoms with E-state index in [-0.39, 0.29) is 24.0 Å². The molecule has 1 aliphatic heterocycles. The van der Waals surface area contributed by atoms with Gasteiger partial charge in [-0.2, -0.15) is 11.8 Å². The number of guanidine groups is 1. The quantitative estimate of drug-likeness (QED) is 0.249. The molecule has 0 spiro atoms. The summed E-state index contributed by atoms with van der Waals surface area (Å²) in [5.74, 6) is 2.22. The van der Waals surface area contributed by atoms with E-state index in [0.29, 0.717) is 0 Å². The van der Waals surface area contributed by atoms with Gasteiger partial charge >= 0.3 is 0 Å². The minimum absolute atomic E-state index is 0. The van der Waals surface area contributed by atoms with Gasteiger partial charge in [0.15, 0.2) is 5.96 Å². The second-order valence-electron chi connectivity index (χ2n) is 5.77. The van der Waals surface area contributed by atoms with Gasteiger partial charge in [-0.05, 0) is 58.1 Å². The number of unbranched alkanes of at least 4 members (excludes halogenated alkanes) is 1. The number of nitrogens with one attached hydrogen (secondary N) is 2. The van der Waals surface area contributed by atoms with Crippen molar-refractivity contribution < 1.29 is 0 Å². The van der Waals surface area contributed by atoms with E-state index in [1.165, 1.54) is 44.4 Å². The zero-order valence-corrected chi connectivity index (χ0v) is 17.7. The first-order valence-corrected chi connectivity index (χ1v) is 9.92. The van der Waals surface area contributed by atoms with Gasteiger partial charge in [-0.15, -0.1) is 24.0 Å². The van der Waals surface area contributed by atoms with E-state index in [1.54, 1.807) is 0 Å². The van der Waals surface area contributed by atoms with Gasteiger partial charge in [0.25, 0.3) is 0 Å². The molecular formula is C16H35IN4S. The third kappa shape index (κ3) is 10.2. The largest absolute Gasteiger partial charge is 0.357 e. The average Bonchev–Trinajstić information content (AvgIpc) is 2.49. The molecule has 1 fully saturated rings. The number of likely N-dealkylation sites (tertiary alicyclic amines) is 1. The molecule has 1 unspecified atom stereocenters. The maximum absolute atomic E-state index is 4.65. The second kappa shape index (κ2) is 14.9. The highest BCUT2D eigenvalue weighted by atomic mass is 127. The van der Waals surface area contributed by atoms with Crippen LogP contribution >= 0.6 is 35.7 Å². The summed E-state index contributed by atoms with van der Waals surface area (Å²) in [7, 11) is 0. The molecule has 132 valence electrons. The fourth-order valence-corrected chi connectivity index (χ4v) is 3.19. The van der Waals surface area contributed by atoms with E-state index in [9.17, 15) is 0 Å². The van der Waals surface area contributed by atoms with Crippen molar-refractivity contribution >= 4 is 41.7 Å². The highest BCUT2D eigenvalue weighted by Gasteiger charge is 2.17. The lowest BCUT2D eigenvalue weighted by atomic mass is 10.0. The van der Waals surface area contributed by atoms with E-state index >= 15 is 0 Å². The van der Waals surface area contributed by atoms with Gasteiger partial charge in [-0.3, -0.25) is 9.89 Å². The molecule has 1 saturated heterocycles.